The van der Waals surface area contributed by atoms with Crippen LogP contribution in [0.25, 0.3) is 0 Å². The van der Waals surface area contributed by atoms with Gasteiger partial charge < -0.3 is 10.0 Å². The van der Waals surface area contributed by atoms with Crippen LogP contribution in [0, 0.1) is 0 Å². The Bertz CT molecular complexity index is 298. The van der Waals surface area contributed by atoms with Crippen molar-refractivity contribution in [1.29, 1.82) is 0 Å². The van der Waals surface area contributed by atoms with E-state index < -0.39 is 6.10 Å². The summed E-state index contributed by atoms with van der Waals surface area (Å²) in [6.07, 6.45) is 7.42. The normalized spacial score (nSPS) is 16.4. The molecule has 0 aromatic rings. The molecular formula is C16H29NO3. The summed E-state index contributed by atoms with van der Waals surface area (Å²) >= 11 is 0. The summed E-state index contributed by atoms with van der Waals surface area (Å²) < 4.78 is 0. The summed E-state index contributed by atoms with van der Waals surface area (Å²) in [6.45, 7) is 3.85. The Hall–Kier alpha value is -0.900. The number of aliphatic hydroxyl groups is 1. The minimum Gasteiger partial charge on any atom is -0.393 e. The standard InChI is InChI=1S/C16H29NO3/c1-2-3-4-5-8-14(18)13-15(19)9-10-16(20)17-11-6-7-12-17/h15,19H,2-13H2,1H3. The molecule has 4 heteroatoms. The zero-order chi connectivity index (χ0) is 14.8. The lowest BCUT2D eigenvalue weighted by Gasteiger charge is -2.16. The summed E-state index contributed by atoms with van der Waals surface area (Å²) in [5.41, 5.74) is 0. The van der Waals surface area contributed by atoms with Crippen molar-refractivity contribution in [2.45, 2.75) is 77.2 Å². The summed E-state index contributed by atoms with van der Waals surface area (Å²) in [5, 5.41) is 9.82. The van der Waals surface area contributed by atoms with Crippen molar-refractivity contribution in [2.24, 2.45) is 0 Å². The molecule has 0 radical (unpaired) electrons. The number of rotatable bonds is 10. The number of unbranched alkanes of at least 4 members (excludes halogenated alkanes) is 3. The third kappa shape index (κ3) is 7.04. The van der Waals surface area contributed by atoms with Gasteiger partial charge in [-0.15, -0.1) is 0 Å². The van der Waals surface area contributed by atoms with Crippen LogP contribution in [0.2, 0.25) is 0 Å². The molecule has 1 heterocycles. The quantitative estimate of drug-likeness (QED) is 0.627. The van der Waals surface area contributed by atoms with Gasteiger partial charge >= 0.3 is 0 Å². The number of nitrogens with zero attached hydrogens (tertiary/aromatic N) is 1. The average molecular weight is 283 g/mol. The van der Waals surface area contributed by atoms with Crippen molar-refractivity contribution in [3.63, 3.8) is 0 Å². The van der Waals surface area contributed by atoms with E-state index in [2.05, 4.69) is 6.92 Å². The van der Waals surface area contributed by atoms with E-state index in [0.29, 0.717) is 19.3 Å². The molecule has 0 spiro atoms. The van der Waals surface area contributed by atoms with Crippen LogP contribution in [0.5, 0.6) is 0 Å². The van der Waals surface area contributed by atoms with Gasteiger partial charge in [-0.3, -0.25) is 9.59 Å². The van der Waals surface area contributed by atoms with Crippen molar-refractivity contribution >= 4 is 11.7 Å². The van der Waals surface area contributed by atoms with Gasteiger partial charge in [0, 0.05) is 32.4 Å². The molecule has 0 aromatic heterocycles. The Morgan fingerprint density at radius 3 is 2.45 bits per heavy atom. The maximum atomic E-state index is 11.8. The number of likely N-dealkylation sites (tertiary alicyclic amines) is 1. The second-order valence-corrected chi connectivity index (χ2v) is 5.83. The highest BCUT2D eigenvalue weighted by molar-refractivity contribution is 5.79. The number of aliphatic hydroxyl groups excluding tert-OH is 1. The molecule has 1 rings (SSSR count). The first-order valence-corrected chi connectivity index (χ1v) is 8.11. The molecule has 1 aliphatic rings. The van der Waals surface area contributed by atoms with Gasteiger partial charge in [0.1, 0.15) is 5.78 Å². The molecule has 1 saturated heterocycles. The lowest BCUT2D eigenvalue weighted by Crippen LogP contribution is -2.28. The molecule has 0 saturated carbocycles. The fourth-order valence-electron chi connectivity index (χ4n) is 2.63. The molecule has 0 bridgehead atoms. The monoisotopic (exact) mass is 283 g/mol. The first kappa shape index (κ1) is 17.2. The highest BCUT2D eigenvalue weighted by atomic mass is 16.3. The SMILES string of the molecule is CCCCCCC(=O)CC(O)CCC(=O)N1CCCC1. The molecule has 1 N–H and O–H groups in total. The molecule has 1 unspecified atom stereocenters. The molecule has 4 nitrogen and oxygen atoms in total. The van der Waals surface area contributed by atoms with Crippen LogP contribution in [0.15, 0.2) is 0 Å². The molecule has 1 fully saturated rings. The number of carbonyl (C=O) groups excluding carboxylic acids is 2. The largest absolute Gasteiger partial charge is 0.393 e. The average Bonchev–Trinajstić information content (AvgIpc) is 2.95. The van der Waals surface area contributed by atoms with Crippen molar-refractivity contribution in [3.05, 3.63) is 0 Å². The van der Waals surface area contributed by atoms with Gasteiger partial charge in [-0.25, -0.2) is 0 Å². The first-order valence-electron chi connectivity index (χ1n) is 8.11. The molecule has 1 atom stereocenters. The zero-order valence-electron chi connectivity index (χ0n) is 12.8. The van der Waals surface area contributed by atoms with Crippen molar-refractivity contribution < 1.29 is 14.7 Å². The van der Waals surface area contributed by atoms with Crippen molar-refractivity contribution in [3.8, 4) is 0 Å². The van der Waals surface area contributed by atoms with Crippen molar-refractivity contribution in [1.82, 2.24) is 4.90 Å². The van der Waals surface area contributed by atoms with E-state index in [1.165, 1.54) is 6.42 Å². The predicted octanol–water partition coefficient (Wildman–Crippen LogP) is 2.68. The minimum absolute atomic E-state index is 0.122. The fraction of sp³-hybridized carbons (Fsp3) is 0.875. The number of hydrogen-bond donors (Lipinski definition) is 1. The van der Waals surface area contributed by atoms with Crippen LogP contribution in [0.3, 0.4) is 0 Å². The lowest BCUT2D eigenvalue weighted by atomic mass is 10.0. The van der Waals surface area contributed by atoms with Crippen LogP contribution in [0.4, 0.5) is 0 Å². The third-order valence-corrected chi connectivity index (χ3v) is 3.92. The molecule has 116 valence electrons. The highest BCUT2D eigenvalue weighted by Gasteiger charge is 2.19. The van der Waals surface area contributed by atoms with E-state index in [9.17, 15) is 14.7 Å². The Labute approximate surface area is 122 Å². The molecule has 20 heavy (non-hydrogen) atoms. The van der Waals surface area contributed by atoms with Gasteiger partial charge in [-0.2, -0.15) is 0 Å². The van der Waals surface area contributed by atoms with E-state index in [1.54, 1.807) is 0 Å². The Morgan fingerprint density at radius 2 is 1.80 bits per heavy atom. The van der Waals surface area contributed by atoms with Crippen LogP contribution in [-0.2, 0) is 9.59 Å². The zero-order valence-corrected chi connectivity index (χ0v) is 12.8. The number of Topliss-reactive ketones (excluding diaryl/α,β-unsaturated/α-hetero) is 1. The predicted molar refractivity (Wildman–Crippen MR) is 79.4 cm³/mol. The van der Waals surface area contributed by atoms with Crippen molar-refractivity contribution in [2.75, 3.05) is 13.1 Å². The van der Waals surface area contributed by atoms with E-state index in [1.807, 2.05) is 4.90 Å². The number of hydrogen-bond acceptors (Lipinski definition) is 3. The second-order valence-electron chi connectivity index (χ2n) is 5.83. The maximum Gasteiger partial charge on any atom is 0.222 e. The lowest BCUT2D eigenvalue weighted by molar-refractivity contribution is -0.131. The summed E-state index contributed by atoms with van der Waals surface area (Å²) in [7, 11) is 0. The number of ketones is 1. The van der Waals surface area contributed by atoms with Crippen LogP contribution in [-0.4, -0.2) is 40.9 Å². The Kier molecular flexibility index (Phi) is 8.51. The van der Waals surface area contributed by atoms with E-state index in [-0.39, 0.29) is 18.1 Å². The van der Waals surface area contributed by atoms with E-state index in [0.717, 1.165) is 45.2 Å². The van der Waals surface area contributed by atoms with Gasteiger partial charge in [-0.1, -0.05) is 26.2 Å². The van der Waals surface area contributed by atoms with Crippen LogP contribution in [0.1, 0.15) is 71.1 Å². The van der Waals surface area contributed by atoms with Gasteiger partial charge in [0.15, 0.2) is 0 Å². The fourth-order valence-corrected chi connectivity index (χ4v) is 2.63. The molecule has 1 amide bonds. The molecule has 1 aliphatic heterocycles. The summed E-state index contributed by atoms with van der Waals surface area (Å²) in [4.78, 5) is 25.3. The summed E-state index contributed by atoms with van der Waals surface area (Å²) in [5.74, 6) is 0.249. The van der Waals surface area contributed by atoms with Crippen LogP contribution < -0.4 is 0 Å². The van der Waals surface area contributed by atoms with Gasteiger partial charge in [0.05, 0.1) is 6.10 Å². The summed E-state index contributed by atoms with van der Waals surface area (Å²) in [6, 6.07) is 0. The maximum absolute atomic E-state index is 11.8. The number of amides is 1. The molecule has 0 aliphatic carbocycles. The second kappa shape index (κ2) is 9.92. The van der Waals surface area contributed by atoms with Crippen LogP contribution >= 0.6 is 0 Å². The van der Waals surface area contributed by atoms with Gasteiger partial charge in [-0.05, 0) is 25.7 Å². The minimum atomic E-state index is -0.653. The topological polar surface area (TPSA) is 57.6 Å². The molecule has 0 aromatic carbocycles. The Morgan fingerprint density at radius 1 is 1.10 bits per heavy atom. The van der Waals surface area contributed by atoms with Gasteiger partial charge in [0.25, 0.3) is 0 Å². The third-order valence-electron chi connectivity index (χ3n) is 3.92. The van der Waals surface area contributed by atoms with E-state index >= 15 is 0 Å². The molecular weight excluding hydrogens is 254 g/mol. The van der Waals surface area contributed by atoms with E-state index in [4.69, 9.17) is 0 Å². The highest BCUT2D eigenvalue weighted by Crippen LogP contribution is 2.13. The van der Waals surface area contributed by atoms with Gasteiger partial charge in [0.2, 0.25) is 5.91 Å². The first-order chi connectivity index (χ1) is 9.63. The Balaban J connectivity index is 2.08. The number of carbonyl (C=O) groups is 2. The smallest absolute Gasteiger partial charge is 0.222 e.